The number of aliphatic hydroxyl groups excluding tert-OH is 1. The third-order valence-corrected chi connectivity index (χ3v) is 3.54. The molecule has 0 bridgehead atoms. The molecule has 2 atom stereocenters. The van der Waals surface area contributed by atoms with E-state index in [2.05, 4.69) is 4.90 Å². The number of aliphatic hydroxyl groups is 1. The van der Waals surface area contributed by atoms with Crippen LogP contribution in [0.25, 0.3) is 0 Å². The topological polar surface area (TPSA) is 66.6 Å². The van der Waals surface area contributed by atoms with Crippen LogP contribution in [0.3, 0.4) is 0 Å². The standard InChI is InChI=1S/C14H20N2O2/c15-14(18)10-16-8-4-7-12(16)9-13(17)11-5-2-1-3-6-11/h1-3,5-6,12-13,17H,4,7-10H2,(H2,15,18). The van der Waals surface area contributed by atoms with Crippen LogP contribution < -0.4 is 5.73 Å². The Bertz CT molecular complexity index is 394. The van der Waals surface area contributed by atoms with Crippen LogP contribution in [-0.4, -0.2) is 35.0 Å². The summed E-state index contributed by atoms with van der Waals surface area (Å²) in [4.78, 5) is 13.1. The Morgan fingerprint density at radius 1 is 1.44 bits per heavy atom. The molecule has 1 heterocycles. The maximum Gasteiger partial charge on any atom is 0.231 e. The van der Waals surface area contributed by atoms with E-state index in [1.807, 2.05) is 30.3 Å². The summed E-state index contributed by atoms with van der Waals surface area (Å²) < 4.78 is 0. The van der Waals surface area contributed by atoms with Crippen molar-refractivity contribution < 1.29 is 9.90 Å². The van der Waals surface area contributed by atoms with Gasteiger partial charge in [-0.3, -0.25) is 9.69 Å². The van der Waals surface area contributed by atoms with E-state index in [4.69, 9.17) is 5.73 Å². The number of amides is 1. The molecule has 0 radical (unpaired) electrons. The molecule has 1 saturated heterocycles. The van der Waals surface area contributed by atoms with E-state index in [-0.39, 0.29) is 11.9 Å². The molecule has 0 spiro atoms. The highest BCUT2D eigenvalue weighted by Crippen LogP contribution is 2.26. The molecule has 1 aliphatic heterocycles. The fraction of sp³-hybridized carbons (Fsp3) is 0.500. The molecule has 0 saturated carbocycles. The lowest BCUT2D eigenvalue weighted by Crippen LogP contribution is -2.37. The highest BCUT2D eigenvalue weighted by atomic mass is 16.3. The molecule has 2 unspecified atom stereocenters. The van der Waals surface area contributed by atoms with Gasteiger partial charge in [0.05, 0.1) is 12.6 Å². The summed E-state index contributed by atoms with van der Waals surface area (Å²) in [5.41, 5.74) is 6.17. The van der Waals surface area contributed by atoms with Gasteiger partial charge in [-0.25, -0.2) is 0 Å². The predicted molar refractivity (Wildman–Crippen MR) is 69.8 cm³/mol. The van der Waals surface area contributed by atoms with Gasteiger partial charge in [-0.05, 0) is 31.4 Å². The van der Waals surface area contributed by atoms with Crippen LogP contribution in [0.2, 0.25) is 0 Å². The summed E-state index contributed by atoms with van der Waals surface area (Å²) in [5.74, 6) is -0.295. The van der Waals surface area contributed by atoms with Crippen molar-refractivity contribution in [3.63, 3.8) is 0 Å². The van der Waals surface area contributed by atoms with Gasteiger partial charge in [-0.15, -0.1) is 0 Å². The number of likely N-dealkylation sites (tertiary alicyclic amines) is 1. The molecule has 1 aromatic rings. The van der Waals surface area contributed by atoms with Gasteiger partial charge in [0.2, 0.25) is 5.91 Å². The number of nitrogens with zero attached hydrogens (tertiary/aromatic N) is 1. The molecule has 1 amide bonds. The van der Waals surface area contributed by atoms with Crippen LogP contribution in [-0.2, 0) is 4.79 Å². The molecular formula is C14H20N2O2. The van der Waals surface area contributed by atoms with Crippen molar-refractivity contribution >= 4 is 5.91 Å². The van der Waals surface area contributed by atoms with Gasteiger partial charge >= 0.3 is 0 Å². The monoisotopic (exact) mass is 248 g/mol. The van der Waals surface area contributed by atoms with Crippen molar-refractivity contribution in [3.05, 3.63) is 35.9 Å². The van der Waals surface area contributed by atoms with E-state index in [1.165, 1.54) is 0 Å². The number of rotatable bonds is 5. The smallest absolute Gasteiger partial charge is 0.231 e. The average Bonchev–Trinajstić information content (AvgIpc) is 2.77. The summed E-state index contributed by atoms with van der Waals surface area (Å²) in [7, 11) is 0. The molecule has 3 N–H and O–H groups in total. The lowest BCUT2D eigenvalue weighted by Gasteiger charge is -2.25. The summed E-state index contributed by atoms with van der Waals surface area (Å²) in [6, 6.07) is 9.90. The second kappa shape index (κ2) is 5.98. The van der Waals surface area contributed by atoms with E-state index in [9.17, 15) is 9.90 Å². The van der Waals surface area contributed by atoms with Gasteiger partial charge in [-0.2, -0.15) is 0 Å². The van der Waals surface area contributed by atoms with Crippen LogP contribution in [0.15, 0.2) is 30.3 Å². The summed E-state index contributed by atoms with van der Waals surface area (Å²) >= 11 is 0. The minimum absolute atomic E-state index is 0.257. The number of carbonyl (C=O) groups excluding carboxylic acids is 1. The number of hydrogen-bond donors (Lipinski definition) is 2. The minimum atomic E-state index is -0.468. The first kappa shape index (κ1) is 13.1. The second-order valence-corrected chi connectivity index (χ2v) is 4.90. The fourth-order valence-electron chi connectivity index (χ4n) is 2.64. The first-order valence-electron chi connectivity index (χ1n) is 6.42. The molecule has 18 heavy (non-hydrogen) atoms. The van der Waals surface area contributed by atoms with Gasteiger partial charge in [0.1, 0.15) is 0 Å². The van der Waals surface area contributed by atoms with Crippen LogP contribution in [0, 0.1) is 0 Å². The molecule has 0 aromatic heterocycles. The van der Waals surface area contributed by atoms with E-state index < -0.39 is 6.10 Å². The zero-order chi connectivity index (χ0) is 13.0. The molecule has 4 nitrogen and oxygen atoms in total. The highest BCUT2D eigenvalue weighted by Gasteiger charge is 2.27. The van der Waals surface area contributed by atoms with Crippen molar-refractivity contribution in [3.8, 4) is 0 Å². The molecule has 2 rings (SSSR count). The maximum atomic E-state index is 11.0. The fourth-order valence-corrected chi connectivity index (χ4v) is 2.64. The highest BCUT2D eigenvalue weighted by molar-refractivity contribution is 5.76. The predicted octanol–water partition coefficient (Wildman–Crippen LogP) is 1.06. The van der Waals surface area contributed by atoms with Gasteiger partial charge in [0.15, 0.2) is 0 Å². The summed E-state index contributed by atoms with van der Waals surface area (Å²) in [6.45, 7) is 1.20. The molecule has 1 aliphatic rings. The lowest BCUT2D eigenvalue weighted by atomic mass is 10.0. The quantitative estimate of drug-likeness (QED) is 0.819. The van der Waals surface area contributed by atoms with E-state index in [1.54, 1.807) is 0 Å². The Labute approximate surface area is 107 Å². The van der Waals surface area contributed by atoms with Crippen LogP contribution in [0.5, 0.6) is 0 Å². The molecule has 1 fully saturated rings. The Balaban J connectivity index is 1.94. The normalized spacial score (nSPS) is 21.9. The maximum absolute atomic E-state index is 11.0. The Morgan fingerprint density at radius 2 is 2.17 bits per heavy atom. The minimum Gasteiger partial charge on any atom is -0.388 e. The molecule has 98 valence electrons. The van der Waals surface area contributed by atoms with E-state index >= 15 is 0 Å². The molecule has 1 aromatic carbocycles. The molecule has 4 heteroatoms. The van der Waals surface area contributed by atoms with Gasteiger partial charge in [0, 0.05) is 6.04 Å². The van der Waals surface area contributed by atoms with Crippen LogP contribution in [0.4, 0.5) is 0 Å². The van der Waals surface area contributed by atoms with Gasteiger partial charge < -0.3 is 10.8 Å². The number of carbonyl (C=O) groups is 1. The number of hydrogen-bond acceptors (Lipinski definition) is 3. The summed E-state index contributed by atoms with van der Waals surface area (Å²) in [6.07, 6.45) is 2.29. The molecule has 0 aliphatic carbocycles. The third kappa shape index (κ3) is 3.31. The average molecular weight is 248 g/mol. The lowest BCUT2D eigenvalue weighted by molar-refractivity contribution is -0.119. The Hall–Kier alpha value is -1.39. The van der Waals surface area contributed by atoms with E-state index in [0.29, 0.717) is 13.0 Å². The van der Waals surface area contributed by atoms with Gasteiger partial charge in [-0.1, -0.05) is 30.3 Å². The Kier molecular flexibility index (Phi) is 4.33. The van der Waals surface area contributed by atoms with Crippen molar-refractivity contribution in [2.75, 3.05) is 13.1 Å². The summed E-state index contributed by atoms with van der Waals surface area (Å²) in [5, 5.41) is 10.2. The largest absolute Gasteiger partial charge is 0.388 e. The van der Waals surface area contributed by atoms with Gasteiger partial charge in [0.25, 0.3) is 0 Å². The zero-order valence-electron chi connectivity index (χ0n) is 10.5. The first-order chi connectivity index (χ1) is 8.66. The second-order valence-electron chi connectivity index (χ2n) is 4.90. The number of nitrogens with two attached hydrogens (primary N) is 1. The van der Waals surface area contributed by atoms with Crippen molar-refractivity contribution in [2.24, 2.45) is 5.73 Å². The van der Waals surface area contributed by atoms with Crippen molar-refractivity contribution in [1.82, 2.24) is 4.90 Å². The van der Waals surface area contributed by atoms with Crippen molar-refractivity contribution in [1.29, 1.82) is 0 Å². The number of benzene rings is 1. The SMILES string of the molecule is NC(=O)CN1CCCC1CC(O)c1ccccc1. The molecular weight excluding hydrogens is 228 g/mol. The van der Waals surface area contributed by atoms with E-state index in [0.717, 1.165) is 24.9 Å². The zero-order valence-corrected chi connectivity index (χ0v) is 10.5. The van der Waals surface area contributed by atoms with Crippen LogP contribution in [0.1, 0.15) is 30.9 Å². The first-order valence-corrected chi connectivity index (χ1v) is 6.42. The Morgan fingerprint density at radius 3 is 2.83 bits per heavy atom. The third-order valence-electron chi connectivity index (χ3n) is 3.54. The van der Waals surface area contributed by atoms with Crippen molar-refractivity contribution in [2.45, 2.75) is 31.4 Å². The van der Waals surface area contributed by atoms with Crippen LogP contribution >= 0.6 is 0 Å². The number of primary amides is 1.